The Hall–Kier alpha value is -2.70. The molecule has 1 aromatic carbocycles. The summed E-state index contributed by atoms with van der Waals surface area (Å²) >= 11 is 0. The molecule has 0 fully saturated rings. The van der Waals surface area contributed by atoms with Gasteiger partial charge in [0.15, 0.2) is 17.2 Å². The average molecular weight is 287 g/mol. The number of ether oxygens (including phenoxy) is 3. The van der Waals surface area contributed by atoms with Crippen molar-refractivity contribution >= 4 is 5.91 Å². The normalized spacial score (nSPS) is 14.7. The molecule has 4 rings (SSSR count). The highest BCUT2D eigenvalue weighted by atomic mass is 16.7. The molecule has 21 heavy (non-hydrogen) atoms. The van der Waals surface area contributed by atoms with Gasteiger partial charge in [0.1, 0.15) is 6.61 Å². The fraction of sp³-hybridized carbons (Fsp3) is 0.286. The molecule has 108 valence electrons. The van der Waals surface area contributed by atoms with Crippen molar-refractivity contribution in [3.8, 4) is 17.4 Å². The highest BCUT2D eigenvalue weighted by Gasteiger charge is 2.19. The van der Waals surface area contributed by atoms with Gasteiger partial charge in [-0.05, 0) is 17.7 Å². The molecule has 7 nitrogen and oxygen atoms in total. The summed E-state index contributed by atoms with van der Waals surface area (Å²) in [5, 5.41) is 7.02. The lowest BCUT2D eigenvalue weighted by molar-refractivity contribution is 0.0944. The highest BCUT2D eigenvalue weighted by molar-refractivity contribution is 5.92. The second-order valence-corrected chi connectivity index (χ2v) is 4.81. The smallest absolute Gasteiger partial charge is 0.272 e. The predicted molar refractivity (Wildman–Crippen MR) is 71.5 cm³/mol. The Kier molecular flexibility index (Phi) is 2.70. The zero-order valence-electron chi connectivity index (χ0n) is 11.2. The van der Waals surface area contributed by atoms with Gasteiger partial charge in [0, 0.05) is 12.6 Å². The first-order valence-electron chi connectivity index (χ1n) is 6.67. The minimum absolute atomic E-state index is 0.224. The highest BCUT2D eigenvalue weighted by Crippen LogP contribution is 2.32. The Morgan fingerprint density at radius 3 is 3.05 bits per heavy atom. The van der Waals surface area contributed by atoms with Crippen LogP contribution >= 0.6 is 0 Å². The van der Waals surface area contributed by atoms with Crippen molar-refractivity contribution < 1.29 is 19.0 Å². The molecular weight excluding hydrogens is 274 g/mol. The number of nitrogens with one attached hydrogen (secondary N) is 1. The molecule has 2 aliphatic rings. The van der Waals surface area contributed by atoms with Gasteiger partial charge in [-0.1, -0.05) is 6.07 Å². The summed E-state index contributed by atoms with van der Waals surface area (Å²) in [4.78, 5) is 12.1. The number of amides is 1. The van der Waals surface area contributed by atoms with Gasteiger partial charge in [0.05, 0.1) is 6.54 Å². The zero-order chi connectivity index (χ0) is 14.2. The molecule has 2 aromatic rings. The molecule has 0 saturated heterocycles. The second-order valence-electron chi connectivity index (χ2n) is 4.81. The van der Waals surface area contributed by atoms with Crippen LogP contribution in [0.15, 0.2) is 24.3 Å². The van der Waals surface area contributed by atoms with E-state index in [4.69, 9.17) is 14.2 Å². The van der Waals surface area contributed by atoms with Crippen molar-refractivity contribution in [3.05, 3.63) is 35.5 Å². The first kappa shape index (κ1) is 12.1. The Balaban J connectivity index is 1.43. The lowest BCUT2D eigenvalue weighted by Gasteiger charge is -2.04. The number of hydrogen-bond acceptors (Lipinski definition) is 5. The molecule has 3 heterocycles. The van der Waals surface area contributed by atoms with Crippen LogP contribution in [0.2, 0.25) is 0 Å². The van der Waals surface area contributed by atoms with E-state index in [9.17, 15) is 4.79 Å². The van der Waals surface area contributed by atoms with E-state index in [-0.39, 0.29) is 12.7 Å². The number of benzene rings is 1. The van der Waals surface area contributed by atoms with Gasteiger partial charge in [-0.25, -0.2) is 4.68 Å². The first-order chi connectivity index (χ1) is 10.3. The van der Waals surface area contributed by atoms with Gasteiger partial charge >= 0.3 is 0 Å². The molecule has 0 spiro atoms. The number of fused-ring (bicyclic) bond motifs is 2. The Bertz CT molecular complexity index is 689. The molecule has 1 N–H and O–H groups in total. The molecule has 0 radical (unpaired) electrons. The van der Waals surface area contributed by atoms with Gasteiger partial charge < -0.3 is 19.5 Å². The summed E-state index contributed by atoms with van der Waals surface area (Å²) in [5.74, 6) is 1.85. The van der Waals surface area contributed by atoms with Gasteiger partial charge in [-0.15, -0.1) is 0 Å². The van der Waals surface area contributed by atoms with Crippen LogP contribution in [-0.2, 0) is 13.1 Å². The van der Waals surface area contributed by atoms with Crippen molar-refractivity contribution in [2.75, 3.05) is 13.4 Å². The van der Waals surface area contributed by atoms with E-state index in [1.807, 2.05) is 18.2 Å². The summed E-state index contributed by atoms with van der Waals surface area (Å²) in [7, 11) is 0. The molecule has 0 aliphatic carbocycles. The molecule has 7 heteroatoms. The van der Waals surface area contributed by atoms with Gasteiger partial charge in [0.2, 0.25) is 12.7 Å². The summed E-state index contributed by atoms with van der Waals surface area (Å²) in [6.45, 7) is 1.94. The third kappa shape index (κ3) is 2.16. The van der Waals surface area contributed by atoms with Crippen molar-refractivity contribution in [2.45, 2.75) is 13.1 Å². The quantitative estimate of drug-likeness (QED) is 0.909. The van der Waals surface area contributed by atoms with Crippen molar-refractivity contribution in [3.63, 3.8) is 0 Å². The predicted octanol–water partition coefficient (Wildman–Crippen LogP) is 0.934. The fourth-order valence-corrected chi connectivity index (χ4v) is 2.35. The van der Waals surface area contributed by atoms with Crippen molar-refractivity contribution in [1.82, 2.24) is 15.1 Å². The topological polar surface area (TPSA) is 74.6 Å². The number of nitrogens with zero attached hydrogens (tertiary/aromatic N) is 2. The lowest BCUT2D eigenvalue weighted by Crippen LogP contribution is -2.23. The van der Waals surface area contributed by atoms with Crippen LogP contribution in [0.4, 0.5) is 0 Å². The Labute approximate surface area is 120 Å². The molecule has 0 bridgehead atoms. The van der Waals surface area contributed by atoms with Crippen molar-refractivity contribution in [2.24, 2.45) is 0 Å². The maximum absolute atomic E-state index is 12.1. The van der Waals surface area contributed by atoms with E-state index in [2.05, 4.69) is 10.4 Å². The van der Waals surface area contributed by atoms with Crippen LogP contribution in [0.3, 0.4) is 0 Å². The Morgan fingerprint density at radius 2 is 2.14 bits per heavy atom. The van der Waals surface area contributed by atoms with Crippen LogP contribution in [0.1, 0.15) is 16.1 Å². The van der Waals surface area contributed by atoms with Crippen LogP contribution < -0.4 is 19.5 Å². The lowest BCUT2D eigenvalue weighted by atomic mass is 10.2. The van der Waals surface area contributed by atoms with Gasteiger partial charge in [-0.3, -0.25) is 4.79 Å². The van der Waals surface area contributed by atoms with E-state index in [1.54, 1.807) is 10.7 Å². The van der Waals surface area contributed by atoms with Crippen LogP contribution in [-0.4, -0.2) is 29.1 Å². The van der Waals surface area contributed by atoms with Gasteiger partial charge in [0.25, 0.3) is 5.91 Å². The number of aromatic nitrogens is 2. The van der Waals surface area contributed by atoms with E-state index in [1.165, 1.54) is 0 Å². The third-order valence-corrected chi connectivity index (χ3v) is 3.42. The maximum atomic E-state index is 12.1. The summed E-state index contributed by atoms with van der Waals surface area (Å²) in [5.41, 5.74) is 1.31. The first-order valence-corrected chi connectivity index (χ1v) is 6.67. The molecule has 0 atom stereocenters. The van der Waals surface area contributed by atoms with E-state index < -0.39 is 0 Å². The summed E-state index contributed by atoms with van der Waals surface area (Å²) < 4.78 is 17.6. The number of carbonyl (C=O) groups excluding carboxylic acids is 1. The minimum Gasteiger partial charge on any atom is -0.476 e. The summed E-state index contributed by atoms with van der Waals surface area (Å²) in [6, 6.07) is 7.24. The SMILES string of the molecule is O=C(NCc1ccc2c(c1)OCO2)c1cc2n(n1)CCO2. The number of rotatable bonds is 3. The van der Waals surface area contributed by atoms with E-state index >= 15 is 0 Å². The van der Waals surface area contributed by atoms with Gasteiger partial charge in [-0.2, -0.15) is 5.10 Å². The second kappa shape index (κ2) is 4.69. The van der Waals surface area contributed by atoms with Crippen LogP contribution in [0.5, 0.6) is 17.4 Å². The number of hydrogen-bond donors (Lipinski definition) is 1. The Morgan fingerprint density at radius 1 is 1.24 bits per heavy atom. The van der Waals surface area contributed by atoms with E-state index in [0.29, 0.717) is 37.0 Å². The van der Waals surface area contributed by atoms with Crippen LogP contribution in [0, 0.1) is 0 Å². The molecular formula is C14H13N3O4. The zero-order valence-corrected chi connectivity index (χ0v) is 11.2. The molecule has 1 aromatic heterocycles. The van der Waals surface area contributed by atoms with Crippen molar-refractivity contribution in [1.29, 1.82) is 0 Å². The van der Waals surface area contributed by atoms with Crippen LogP contribution in [0.25, 0.3) is 0 Å². The molecule has 1 amide bonds. The molecule has 2 aliphatic heterocycles. The number of carbonyl (C=O) groups is 1. The minimum atomic E-state index is -0.224. The largest absolute Gasteiger partial charge is 0.476 e. The summed E-state index contributed by atoms with van der Waals surface area (Å²) in [6.07, 6.45) is 0. The third-order valence-electron chi connectivity index (χ3n) is 3.42. The van der Waals surface area contributed by atoms with E-state index in [0.717, 1.165) is 11.3 Å². The molecule has 0 unspecified atom stereocenters. The monoisotopic (exact) mass is 287 g/mol. The molecule has 0 saturated carbocycles. The maximum Gasteiger partial charge on any atom is 0.272 e. The standard InChI is InChI=1S/C14H13N3O4/c18-14(10-6-13-17(16-10)3-4-19-13)15-7-9-1-2-11-12(5-9)21-8-20-11/h1-2,5-6H,3-4,7-8H2,(H,15,18). The fourth-order valence-electron chi connectivity index (χ4n) is 2.35. The average Bonchev–Trinajstić information content (AvgIpc) is 3.18.